The van der Waals surface area contributed by atoms with Gasteiger partial charge in [-0.2, -0.15) is 5.10 Å². The molecule has 0 aliphatic heterocycles. The second-order valence-electron chi connectivity index (χ2n) is 5.06. The van der Waals surface area contributed by atoms with Crippen LogP contribution in [-0.4, -0.2) is 42.4 Å². The van der Waals surface area contributed by atoms with Crippen molar-refractivity contribution in [3.8, 4) is 11.5 Å². The summed E-state index contributed by atoms with van der Waals surface area (Å²) in [6, 6.07) is 2.58. The first-order valence-electron chi connectivity index (χ1n) is 7.58. The molecule has 0 aliphatic carbocycles. The Morgan fingerprint density at radius 1 is 1.19 bits per heavy atom. The van der Waals surface area contributed by atoms with Crippen LogP contribution in [0.5, 0.6) is 11.5 Å². The maximum absolute atomic E-state index is 11.6. The molecule has 11 heteroatoms. The summed E-state index contributed by atoms with van der Waals surface area (Å²) in [4.78, 5) is 33.0. The van der Waals surface area contributed by atoms with Gasteiger partial charge in [-0.15, -0.1) is 0 Å². The molecule has 0 fully saturated rings. The maximum atomic E-state index is 11.6. The quantitative estimate of drug-likeness (QED) is 0.184. The van der Waals surface area contributed by atoms with Gasteiger partial charge in [-0.3, -0.25) is 24.9 Å². The molecule has 1 rings (SSSR count). The summed E-state index contributed by atoms with van der Waals surface area (Å²) in [7, 11) is 2.75. The third-order valence-corrected chi connectivity index (χ3v) is 3.30. The van der Waals surface area contributed by atoms with Crippen molar-refractivity contribution >= 4 is 23.7 Å². The van der Waals surface area contributed by atoms with E-state index in [0.29, 0.717) is 12.8 Å². The molecular weight excluding hydrogens is 348 g/mol. The van der Waals surface area contributed by atoms with Crippen molar-refractivity contribution in [3.05, 3.63) is 27.8 Å². The average Bonchev–Trinajstić information content (AvgIpc) is 2.64. The molecular formula is C15H20N4O7. The van der Waals surface area contributed by atoms with E-state index in [0.717, 1.165) is 6.21 Å². The monoisotopic (exact) mass is 368 g/mol. The number of nitro benzene ring substituents is 1. The molecule has 1 aromatic carbocycles. The minimum absolute atomic E-state index is 0.102. The van der Waals surface area contributed by atoms with E-state index >= 15 is 0 Å². The third kappa shape index (κ3) is 6.36. The minimum atomic E-state index is -0.600. The number of hydrazone groups is 1. The van der Waals surface area contributed by atoms with Gasteiger partial charge in [0, 0.05) is 12.8 Å². The maximum Gasteiger partial charge on any atom is 0.282 e. The summed E-state index contributed by atoms with van der Waals surface area (Å²) in [6.07, 6.45) is 2.20. The molecule has 0 spiro atoms. The van der Waals surface area contributed by atoms with Gasteiger partial charge in [0.15, 0.2) is 11.5 Å². The van der Waals surface area contributed by atoms with Crippen LogP contribution in [0, 0.1) is 10.1 Å². The minimum Gasteiger partial charge on any atom is -0.493 e. The molecule has 11 nitrogen and oxygen atoms in total. The summed E-state index contributed by atoms with van der Waals surface area (Å²) in [5, 5.41) is 23.2. The number of nitro groups is 1. The van der Waals surface area contributed by atoms with Crippen LogP contribution < -0.4 is 20.4 Å². The number of amides is 2. The highest BCUT2D eigenvalue weighted by atomic mass is 16.6. The number of benzene rings is 1. The predicted octanol–water partition coefficient (Wildman–Crippen LogP) is 1.13. The summed E-state index contributed by atoms with van der Waals surface area (Å²) in [5.74, 6) is -0.446. The fourth-order valence-electron chi connectivity index (χ4n) is 2.00. The molecule has 0 saturated carbocycles. The molecule has 142 valence electrons. The number of methoxy groups -OCH3 is 2. The van der Waals surface area contributed by atoms with Crippen molar-refractivity contribution in [2.24, 2.45) is 5.10 Å². The zero-order valence-corrected chi connectivity index (χ0v) is 14.4. The van der Waals surface area contributed by atoms with Gasteiger partial charge in [-0.1, -0.05) is 0 Å². The number of nitrogens with one attached hydrogen (secondary N) is 2. The van der Waals surface area contributed by atoms with Crippen molar-refractivity contribution in [3.63, 3.8) is 0 Å². The van der Waals surface area contributed by atoms with Gasteiger partial charge < -0.3 is 9.47 Å². The van der Waals surface area contributed by atoms with E-state index < -0.39 is 16.7 Å². The number of carbonyl (C=O) groups is 2. The lowest BCUT2D eigenvalue weighted by Crippen LogP contribution is -2.19. The molecule has 0 atom stereocenters. The average molecular weight is 368 g/mol. The van der Waals surface area contributed by atoms with E-state index in [1.807, 2.05) is 0 Å². The zero-order valence-electron chi connectivity index (χ0n) is 14.4. The van der Waals surface area contributed by atoms with Gasteiger partial charge in [0.25, 0.3) is 5.69 Å². The smallest absolute Gasteiger partial charge is 0.282 e. The standard InChI is InChI=1S/C15H20N4O7/c1-25-12-7-10(11(19(23)24)8-13(12)26-2)9-16-17-14(20)5-3-4-6-15(21)18-22/h7-9,22H,3-6H2,1-2H3,(H,17,20)(H,18,21)/b16-9+. The normalized spacial score (nSPS) is 10.4. The molecule has 0 heterocycles. The number of hydrogen-bond acceptors (Lipinski definition) is 8. The van der Waals surface area contributed by atoms with Gasteiger partial charge in [-0.05, 0) is 18.9 Å². The first-order chi connectivity index (χ1) is 12.4. The first-order valence-corrected chi connectivity index (χ1v) is 7.58. The number of nitrogens with zero attached hydrogens (tertiary/aromatic N) is 2. The molecule has 1 aromatic rings. The van der Waals surface area contributed by atoms with Crippen LogP contribution in [0.4, 0.5) is 5.69 Å². The lowest BCUT2D eigenvalue weighted by molar-refractivity contribution is -0.385. The lowest BCUT2D eigenvalue weighted by Gasteiger charge is -2.08. The van der Waals surface area contributed by atoms with Crippen molar-refractivity contribution in [1.82, 2.24) is 10.9 Å². The van der Waals surface area contributed by atoms with E-state index in [1.165, 1.54) is 31.8 Å². The van der Waals surface area contributed by atoms with Crippen LogP contribution in [0.3, 0.4) is 0 Å². The highest BCUT2D eigenvalue weighted by Crippen LogP contribution is 2.33. The highest BCUT2D eigenvalue weighted by Gasteiger charge is 2.18. The SMILES string of the molecule is COc1cc(/C=N/NC(=O)CCCCC(=O)NO)c([N+](=O)[O-])cc1OC. The number of unbranched alkanes of at least 4 members (excludes halogenated alkanes) is 1. The van der Waals surface area contributed by atoms with Crippen LogP contribution in [0.15, 0.2) is 17.2 Å². The van der Waals surface area contributed by atoms with Gasteiger partial charge in [0.1, 0.15) is 0 Å². The fourth-order valence-corrected chi connectivity index (χ4v) is 2.00. The topological polar surface area (TPSA) is 152 Å². The Bertz CT molecular complexity index is 691. The number of rotatable bonds is 10. The van der Waals surface area contributed by atoms with Crippen LogP contribution in [0.1, 0.15) is 31.2 Å². The number of carbonyl (C=O) groups excluding carboxylic acids is 2. The van der Waals surface area contributed by atoms with Crippen molar-refractivity contribution < 1.29 is 29.2 Å². The molecule has 0 bridgehead atoms. The second kappa shape index (κ2) is 10.6. The van der Waals surface area contributed by atoms with Crippen LogP contribution in [0.25, 0.3) is 0 Å². The second-order valence-corrected chi connectivity index (χ2v) is 5.06. The summed E-state index contributed by atoms with van der Waals surface area (Å²) >= 11 is 0. The summed E-state index contributed by atoms with van der Waals surface area (Å²) in [6.45, 7) is 0. The molecule has 0 aromatic heterocycles. The zero-order chi connectivity index (χ0) is 19.5. The predicted molar refractivity (Wildman–Crippen MR) is 90.3 cm³/mol. The van der Waals surface area contributed by atoms with E-state index in [-0.39, 0.29) is 35.6 Å². The van der Waals surface area contributed by atoms with E-state index in [1.54, 1.807) is 0 Å². The molecule has 26 heavy (non-hydrogen) atoms. The largest absolute Gasteiger partial charge is 0.493 e. The Morgan fingerprint density at radius 3 is 2.31 bits per heavy atom. The fraction of sp³-hybridized carbons (Fsp3) is 0.400. The van der Waals surface area contributed by atoms with Gasteiger partial charge in [-0.25, -0.2) is 10.9 Å². The van der Waals surface area contributed by atoms with Crippen molar-refractivity contribution in [2.75, 3.05) is 14.2 Å². The highest BCUT2D eigenvalue weighted by molar-refractivity contribution is 5.88. The van der Waals surface area contributed by atoms with Gasteiger partial charge >= 0.3 is 0 Å². The third-order valence-electron chi connectivity index (χ3n) is 3.30. The van der Waals surface area contributed by atoms with Gasteiger partial charge in [0.2, 0.25) is 11.8 Å². The van der Waals surface area contributed by atoms with Crippen molar-refractivity contribution in [2.45, 2.75) is 25.7 Å². The Labute approximate surface area is 149 Å². The number of hydrogen-bond donors (Lipinski definition) is 3. The summed E-state index contributed by atoms with van der Waals surface area (Å²) in [5.41, 5.74) is 3.63. The number of hydroxylamine groups is 1. The Morgan fingerprint density at radius 2 is 1.77 bits per heavy atom. The molecule has 0 aliphatic rings. The summed E-state index contributed by atoms with van der Waals surface area (Å²) < 4.78 is 10.1. The number of ether oxygens (including phenoxy) is 2. The molecule has 0 unspecified atom stereocenters. The van der Waals surface area contributed by atoms with Crippen LogP contribution in [0.2, 0.25) is 0 Å². The van der Waals surface area contributed by atoms with E-state index in [9.17, 15) is 19.7 Å². The lowest BCUT2D eigenvalue weighted by atomic mass is 10.1. The molecule has 0 radical (unpaired) electrons. The van der Waals surface area contributed by atoms with Gasteiger partial charge in [0.05, 0.1) is 37.0 Å². The first kappa shape index (κ1) is 20.8. The molecule has 2 amide bonds. The molecule has 3 N–H and O–H groups in total. The van der Waals surface area contributed by atoms with E-state index in [4.69, 9.17) is 14.7 Å². The van der Waals surface area contributed by atoms with Crippen LogP contribution in [-0.2, 0) is 9.59 Å². The Kier molecular flexibility index (Phi) is 8.50. The Hall–Kier alpha value is -3.21. The molecule has 0 saturated heterocycles. The van der Waals surface area contributed by atoms with Crippen molar-refractivity contribution in [1.29, 1.82) is 0 Å². The van der Waals surface area contributed by atoms with E-state index in [2.05, 4.69) is 10.5 Å². The van der Waals surface area contributed by atoms with Crippen LogP contribution >= 0.6 is 0 Å². The Balaban J connectivity index is 2.68.